The first kappa shape index (κ1) is 16.5. The number of benzene rings is 1. The fraction of sp³-hybridized carbons (Fsp3) is 0.684. The smallest absolute Gasteiger partial charge is 0.0720 e. The van der Waals surface area contributed by atoms with Gasteiger partial charge in [-0.1, -0.05) is 51.5 Å². The van der Waals surface area contributed by atoms with Crippen molar-refractivity contribution in [3.63, 3.8) is 0 Å². The Morgan fingerprint density at radius 3 is 2.71 bits per heavy atom. The number of hydrogen-bond acceptors (Lipinski definition) is 2. The lowest BCUT2D eigenvalue weighted by Crippen LogP contribution is -2.34. The second-order valence-corrected chi connectivity index (χ2v) is 7.03. The van der Waals surface area contributed by atoms with Crippen molar-refractivity contribution < 1.29 is 4.74 Å². The Bertz CT molecular complexity index is 429. The Morgan fingerprint density at radius 2 is 2.00 bits per heavy atom. The van der Waals surface area contributed by atoms with Crippen LogP contribution in [0.1, 0.15) is 51.2 Å². The average molecular weight is 289 g/mol. The van der Waals surface area contributed by atoms with Crippen molar-refractivity contribution in [1.82, 2.24) is 5.32 Å². The molecule has 1 aromatic rings. The molecule has 0 aromatic heterocycles. The normalized spacial score (nSPS) is 26.2. The monoisotopic (exact) mass is 289 g/mol. The van der Waals surface area contributed by atoms with E-state index in [9.17, 15) is 0 Å². The summed E-state index contributed by atoms with van der Waals surface area (Å²) in [5, 5.41) is 3.20. The second-order valence-electron chi connectivity index (χ2n) is 7.03. The van der Waals surface area contributed by atoms with Gasteiger partial charge in [-0.05, 0) is 48.8 Å². The molecule has 3 atom stereocenters. The highest BCUT2D eigenvalue weighted by molar-refractivity contribution is 5.22. The summed E-state index contributed by atoms with van der Waals surface area (Å²) in [5.41, 5.74) is 2.62. The van der Waals surface area contributed by atoms with Crippen molar-refractivity contribution in [3.05, 3.63) is 35.4 Å². The third kappa shape index (κ3) is 4.82. The molecule has 1 N–H and O–H groups in total. The van der Waals surface area contributed by atoms with Gasteiger partial charge in [0.2, 0.25) is 0 Å². The molecule has 1 fully saturated rings. The molecule has 1 aromatic carbocycles. The minimum Gasteiger partial charge on any atom is -0.373 e. The SMILES string of the molecule is CNCc1cccc(COC2CC(C)CCC2C(C)C)c1. The van der Waals surface area contributed by atoms with Gasteiger partial charge in [0.1, 0.15) is 0 Å². The average Bonchev–Trinajstić information content (AvgIpc) is 2.45. The number of nitrogens with one attached hydrogen (secondary N) is 1. The number of rotatable bonds is 6. The van der Waals surface area contributed by atoms with E-state index in [1.54, 1.807) is 0 Å². The second kappa shape index (κ2) is 7.95. The van der Waals surface area contributed by atoms with Crippen molar-refractivity contribution in [2.45, 2.75) is 59.3 Å². The standard InChI is InChI=1S/C19H31NO/c1-14(2)18-9-8-15(3)10-19(18)21-13-17-7-5-6-16(11-17)12-20-4/h5-7,11,14-15,18-20H,8-10,12-13H2,1-4H3. The molecular weight excluding hydrogens is 258 g/mol. The molecule has 0 amide bonds. The first-order valence-corrected chi connectivity index (χ1v) is 8.44. The van der Waals surface area contributed by atoms with Gasteiger partial charge in [-0.15, -0.1) is 0 Å². The topological polar surface area (TPSA) is 21.3 Å². The van der Waals surface area contributed by atoms with E-state index in [1.807, 2.05) is 7.05 Å². The minimum absolute atomic E-state index is 0.432. The molecular formula is C19H31NO. The molecule has 2 rings (SSSR count). The van der Waals surface area contributed by atoms with Gasteiger partial charge >= 0.3 is 0 Å². The van der Waals surface area contributed by atoms with Crippen LogP contribution in [0.5, 0.6) is 0 Å². The van der Waals surface area contributed by atoms with Crippen molar-refractivity contribution in [1.29, 1.82) is 0 Å². The van der Waals surface area contributed by atoms with Crippen LogP contribution < -0.4 is 5.32 Å². The zero-order valence-corrected chi connectivity index (χ0v) is 14.1. The van der Waals surface area contributed by atoms with E-state index in [4.69, 9.17) is 4.74 Å². The first-order valence-electron chi connectivity index (χ1n) is 8.44. The summed E-state index contributed by atoms with van der Waals surface area (Å²) in [6.07, 6.45) is 4.34. The molecule has 0 aliphatic heterocycles. The molecule has 0 bridgehead atoms. The van der Waals surface area contributed by atoms with E-state index in [2.05, 4.69) is 50.4 Å². The lowest BCUT2D eigenvalue weighted by Gasteiger charge is -2.37. The van der Waals surface area contributed by atoms with Crippen LogP contribution in [0.4, 0.5) is 0 Å². The maximum Gasteiger partial charge on any atom is 0.0720 e. The van der Waals surface area contributed by atoms with E-state index >= 15 is 0 Å². The molecule has 2 nitrogen and oxygen atoms in total. The van der Waals surface area contributed by atoms with Crippen molar-refractivity contribution in [2.24, 2.45) is 17.8 Å². The minimum atomic E-state index is 0.432. The van der Waals surface area contributed by atoms with Crippen LogP contribution in [0.15, 0.2) is 24.3 Å². The highest BCUT2D eigenvalue weighted by atomic mass is 16.5. The van der Waals surface area contributed by atoms with Crippen LogP contribution in [0.25, 0.3) is 0 Å². The van der Waals surface area contributed by atoms with Crippen molar-refractivity contribution in [2.75, 3.05) is 7.05 Å². The van der Waals surface area contributed by atoms with E-state index in [0.29, 0.717) is 6.10 Å². The van der Waals surface area contributed by atoms with Gasteiger partial charge in [-0.3, -0.25) is 0 Å². The van der Waals surface area contributed by atoms with E-state index in [-0.39, 0.29) is 0 Å². The van der Waals surface area contributed by atoms with Crippen molar-refractivity contribution >= 4 is 0 Å². The van der Waals surface area contributed by atoms with Gasteiger partial charge in [0, 0.05) is 6.54 Å². The van der Waals surface area contributed by atoms with Gasteiger partial charge in [0.25, 0.3) is 0 Å². The predicted molar refractivity (Wildman–Crippen MR) is 89.1 cm³/mol. The van der Waals surface area contributed by atoms with Gasteiger partial charge in [0.15, 0.2) is 0 Å². The summed E-state index contributed by atoms with van der Waals surface area (Å²) in [4.78, 5) is 0. The lowest BCUT2D eigenvalue weighted by atomic mass is 9.75. The van der Waals surface area contributed by atoms with Crippen LogP contribution in [-0.2, 0) is 17.9 Å². The van der Waals surface area contributed by atoms with Crippen molar-refractivity contribution in [3.8, 4) is 0 Å². The molecule has 1 aliphatic carbocycles. The van der Waals surface area contributed by atoms with Gasteiger partial charge in [-0.25, -0.2) is 0 Å². The maximum atomic E-state index is 6.33. The van der Waals surface area contributed by atoms with E-state index in [0.717, 1.165) is 30.9 Å². The Morgan fingerprint density at radius 1 is 1.24 bits per heavy atom. The summed E-state index contributed by atoms with van der Waals surface area (Å²) >= 11 is 0. The van der Waals surface area contributed by atoms with Crippen LogP contribution in [0, 0.1) is 17.8 Å². The summed E-state index contributed by atoms with van der Waals surface area (Å²) in [6.45, 7) is 8.70. The van der Waals surface area contributed by atoms with E-state index in [1.165, 1.54) is 30.4 Å². The number of hydrogen-bond donors (Lipinski definition) is 1. The fourth-order valence-corrected chi connectivity index (χ4v) is 3.54. The highest BCUT2D eigenvalue weighted by Gasteiger charge is 2.31. The summed E-state index contributed by atoms with van der Waals surface area (Å²) in [5.74, 6) is 2.25. The zero-order chi connectivity index (χ0) is 15.2. The van der Waals surface area contributed by atoms with Gasteiger partial charge < -0.3 is 10.1 Å². The zero-order valence-electron chi connectivity index (χ0n) is 14.1. The molecule has 1 aliphatic rings. The van der Waals surface area contributed by atoms with Gasteiger partial charge in [0.05, 0.1) is 12.7 Å². The highest BCUT2D eigenvalue weighted by Crippen LogP contribution is 2.35. The predicted octanol–water partition coefficient (Wildman–Crippen LogP) is 4.38. The molecule has 0 radical (unpaired) electrons. The number of ether oxygens (including phenoxy) is 1. The van der Waals surface area contributed by atoms with Crippen LogP contribution >= 0.6 is 0 Å². The quantitative estimate of drug-likeness (QED) is 0.839. The molecule has 118 valence electrons. The van der Waals surface area contributed by atoms with Crippen LogP contribution in [0.2, 0.25) is 0 Å². The third-order valence-corrected chi connectivity index (χ3v) is 4.80. The Labute approximate surface area is 130 Å². The van der Waals surface area contributed by atoms with Crippen LogP contribution in [-0.4, -0.2) is 13.2 Å². The molecule has 1 saturated carbocycles. The Balaban J connectivity index is 1.95. The molecule has 2 heteroatoms. The summed E-state index contributed by atoms with van der Waals surface area (Å²) in [7, 11) is 1.99. The molecule has 0 spiro atoms. The molecule has 3 unspecified atom stereocenters. The summed E-state index contributed by atoms with van der Waals surface area (Å²) in [6, 6.07) is 8.73. The molecule has 0 heterocycles. The lowest BCUT2D eigenvalue weighted by molar-refractivity contribution is -0.0472. The maximum absolute atomic E-state index is 6.33. The van der Waals surface area contributed by atoms with Gasteiger partial charge in [-0.2, -0.15) is 0 Å². The van der Waals surface area contributed by atoms with Crippen LogP contribution in [0.3, 0.4) is 0 Å². The molecule has 0 saturated heterocycles. The van der Waals surface area contributed by atoms with E-state index < -0.39 is 0 Å². The first-order chi connectivity index (χ1) is 10.1. The summed E-state index contributed by atoms with van der Waals surface area (Å²) < 4.78 is 6.33. The fourth-order valence-electron chi connectivity index (χ4n) is 3.54. The third-order valence-electron chi connectivity index (χ3n) is 4.80. The largest absolute Gasteiger partial charge is 0.373 e. The Hall–Kier alpha value is -0.860. The molecule has 21 heavy (non-hydrogen) atoms. The Kier molecular flexibility index (Phi) is 6.25.